The molecule has 0 aromatic carbocycles. The van der Waals surface area contributed by atoms with Crippen LogP contribution in [0, 0.1) is 17.6 Å². The molecule has 1 aromatic rings. The fourth-order valence-electron chi connectivity index (χ4n) is 2.09. The number of hydrogen-bond donors (Lipinski definition) is 2. The normalized spacial score (nSPS) is 19.9. The lowest BCUT2D eigenvalue weighted by Gasteiger charge is -2.32. The predicted molar refractivity (Wildman–Crippen MR) is 62.7 cm³/mol. The van der Waals surface area contributed by atoms with E-state index in [9.17, 15) is 13.6 Å². The van der Waals surface area contributed by atoms with Crippen LogP contribution in [0.3, 0.4) is 0 Å². The van der Waals surface area contributed by atoms with Gasteiger partial charge in [0.2, 0.25) is 5.91 Å². The van der Waals surface area contributed by atoms with Gasteiger partial charge in [-0.25, -0.2) is 13.8 Å². The summed E-state index contributed by atoms with van der Waals surface area (Å²) in [5, 5.41) is 0. The topological polar surface area (TPSA) is 85.2 Å². The van der Waals surface area contributed by atoms with Crippen molar-refractivity contribution < 1.29 is 13.6 Å². The lowest BCUT2D eigenvalue weighted by molar-refractivity contribution is -0.122. The van der Waals surface area contributed by atoms with E-state index in [2.05, 4.69) is 4.98 Å². The standard InChI is InChI=1S/C11H14F2N4O/c12-7-4-8(13)11(16-9(7)14)17-3-1-2-6(5-17)10(15)18/h4,6H,1-3,5H2,(H2,14,16)(H2,15,18). The third-order valence-electron chi connectivity index (χ3n) is 3.06. The van der Waals surface area contributed by atoms with Gasteiger partial charge in [-0.1, -0.05) is 0 Å². The fraction of sp³-hybridized carbons (Fsp3) is 0.455. The van der Waals surface area contributed by atoms with Crippen molar-refractivity contribution in [1.82, 2.24) is 4.98 Å². The van der Waals surface area contributed by atoms with E-state index in [1.54, 1.807) is 4.90 Å². The Morgan fingerprint density at radius 1 is 1.44 bits per heavy atom. The van der Waals surface area contributed by atoms with Crippen LogP contribution in [0.1, 0.15) is 12.8 Å². The first kappa shape index (κ1) is 12.5. The maximum Gasteiger partial charge on any atom is 0.222 e. The van der Waals surface area contributed by atoms with Crippen molar-refractivity contribution in [2.24, 2.45) is 11.7 Å². The molecule has 1 unspecified atom stereocenters. The van der Waals surface area contributed by atoms with Crippen LogP contribution in [-0.2, 0) is 4.79 Å². The van der Waals surface area contributed by atoms with Crippen molar-refractivity contribution in [3.8, 4) is 0 Å². The molecular formula is C11H14F2N4O. The average molecular weight is 256 g/mol. The number of primary amides is 1. The highest BCUT2D eigenvalue weighted by Crippen LogP contribution is 2.25. The molecule has 5 nitrogen and oxygen atoms in total. The van der Waals surface area contributed by atoms with Gasteiger partial charge in [0.25, 0.3) is 0 Å². The van der Waals surface area contributed by atoms with Gasteiger partial charge in [0, 0.05) is 19.2 Å². The van der Waals surface area contributed by atoms with Gasteiger partial charge in [0.05, 0.1) is 5.92 Å². The number of nitrogen functional groups attached to an aromatic ring is 1. The largest absolute Gasteiger partial charge is 0.381 e. The Kier molecular flexibility index (Phi) is 3.31. The van der Waals surface area contributed by atoms with E-state index < -0.39 is 17.5 Å². The van der Waals surface area contributed by atoms with Crippen molar-refractivity contribution in [3.63, 3.8) is 0 Å². The molecule has 1 aliphatic heterocycles. The molecule has 1 aromatic heterocycles. The second-order valence-electron chi connectivity index (χ2n) is 4.35. The lowest BCUT2D eigenvalue weighted by Crippen LogP contribution is -2.42. The molecular weight excluding hydrogens is 242 g/mol. The molecule has 0 aliphatic carbocycles. The number of halogens is 2. The molecule has 1 amide bonds. The molecule has 7 heteroatoms. The van der Waals surface area contributed by atoms with Gasteiger partial charge in [0.15, 0.2) is 23.3 Å². The third kappa shape index (κ3) is 2.34. The summed E-state index contributed by atoms with van der Waals surface area (Å²) in [6, 6.07) is 0.700. The maximum atomic E-state index is 13.6. The first-order valence-electron chi connectivity index (χ1n) is 5.65. The lowest BCUT2D eigenvalue weighted by atomic mass is 9.97. The SMILES string of the molecule is NC(=O)C1CCCN(c2nc(N)c(F)cc2F)C1. The van der Waals surface area contributed by atoms with Crippen molar-refractivity contribution in [2.75, 3.05) is 23.7 Å². The number of nitrogens with zero attached hydrogens (tertiary/aromatic N) is 2. The van der Waals surface area contributed by atoms with E-state index in [0.717, 1.165) is 0 Å². The van der Waals surface area contributed by atoms with Crippen LogP contribution >= 0.6 is 0 Å². The molecule has 1 aliphatic rings. The summed E-state index contributed by atoms with van der Waals surface area (Å²) in [4.78, 5) is 16.4. The first-order chi connectivity index (χ1) is 8.49. The summed E-state index contributed by atoms with van der Waals surface area (Å²) in [6.45, 7) is 0.823. The van der Waals surface area contributed by atoms with Gasteiger partial charge in [-0.2, -0.15) is 0 Å². The van der Waals surface area contributed by atoms with E-state index in [4.69, 9.17) is 11.5 Å². The Bertz CT molecular complexity index is 480. The highest BCUT2D eigenvalue weighted by Gasteiger charge is 2.27. The van der Waals surface area contributed by atoms with Crippen LogP contribution in [-0.4, -0.2) is 24.0 Å². The second-order valence-corrected chi connectivity index (χ2v) is 4.35. The van der Waals surface area contributed by atoms with Crippen molar-refractivity contribution >= 4 is 17.5 Å². The Hall–Kier alpha value is -1.92. The molecule has 1 fully saturated rings. The molecule has 1 atom stereocenters. The number of aromatic nitrogens is 1. The number of pyridine rings is 1. The smallest absolute Gasteiger partial charge is 0.222 e. The molecule has 4 N–H and O–H groups in total. The minimum Gasteiger partial charge on any atom is -0.381 e. The zero-order valence-electron chi connectivity index (χ0n) is 9.70. The van der Waals surface area contributed by atoms with Crippen LogP contribution in [0.4, 0.5) is 20.4 Å². The number of piperidine rings is 1. The van der Waals surface area contributed by atoms with Crippen LogP contribution in [0.25, 0.3) is 0 Å². The summed E-state index contributed by atoms with van der Waals surface area (Å²) < 4.78 is 26.6. The van der Waals surface area contributed by atoms with Gasteiger partial charge in [0.1, 0.15) is 0 Å². The molecule has 2 rings (SSSR count). The maximum absolute atomic E-state index is 13.6. The zero-order valence-corrected chi connectivity index (χ0v) is 9.70. The monoisotopic (exact) mass is 256 g/mol. The zero-order chi connectivity index (χ0) is 13.3. The fourth-order valence-corrected chi connectivity index (χ4v) is 2.09. The summed E-state index contributed by atoms with van der Waals surface area (Å²) in [6.07, 6.45) is 1.37. The van der Waals surface area contributed by atoms with Gasteiger partial charge in [-0.3, -0.25) is 4.79 Å². The van der Waals surface area contributed by atoms with E-state index in [-0.39, 0.29) is 24.1 Å². The van der Waals surface area contributed by atoms with E-state index in [0.29, 0.717) is 25.5 Å². The molecule has 1 saturated heterocycles. The number of nitrogens with two attached hydrogens (primary N) is 2. The van der Waals surface area contributed by atoms with E-state index in [1.165, 1.54) is 0 Å². The number of carbonyl (C=O) groups excluding carboxylic acids is 1. The molecule has 98 valence electrons. The average Bonchev–Trinajstić information content (AvgIpc) is 2.34. The number of anilines is 2. The van der Waals surface area contributed by atoms with Gasteiger partial charge in [-0.05, 0) is 12.8 Å². The number of rotatable bonds is 2. The van der Waals surface area contributed by atoms with Crippen LogP contribution in [0.2, 0.25) is 0 Å². The number of carbonyl (C=O) groups is 1. The van der Waals surface area contributed by atoms with Crippen molar-refractivity contribution in [3.05, 3.63) is 17.7 Å². The molecule has 0 saturated carbocycles. The van der Waals surface area contributed by atoms with Gasteiger partial charge < -0.3 is 16.4 Å². The second kappa shape index (κ2) is 4.75. The first-order valence-corrected chi connectivity index (χ1v) is 5.65. The van der Waals surface area contributed by atoms with Gasteiger partial charge in [-0.15, -0.1) is 0 Å². The highest BCUT2D eigenvalue weighted by atomic mass is 19.1. The molecule has 0 radical (unpaired) electrons. The summed E-state index contributed by atoms with van der Waals surface area (Å²) in [5.41, 5.74) is 10.6. The van der Waals surface area contributed by atoms with Gasteiger partial charge >= 0.3 is 0 Å². The minimum atomic E-state index is -0.889. The minimum absolute atomic E-state index is 0.0279. The Morgan fingerprint density at radius 2 is 2.17 bits per heavy atom. The Morgan fingerprint density at radius 3 is 2.83 bits per heavy atom. The van der Waals surface area contributed by atoms with E-state index >= 15 is 0 Å². The number of hydrogen-bond acceptors (Lipinski definition) is 4. The van der Waals surface area contributed by atoms with Crippen LogP contribution < -0.4 is 16.4 Å². The quantitative estimate of drug-likeness (QED) is 0.813. The summed E-state index contributed by atoms with van der Waals surface area (Å²) >= 11 is 0. The summed E-state index contributed by atoms with van der Waals surface area (Å²) in [5.74, 6) is -2.82. The molecule has 18 heavy (non-hydrogen) atoms. The van der Waals surface area contributed by atoms with Crippen molar-refractivity contribution in [1.29, 1.82) is 0 Å². The number of amides is 1. The third-order valence-corrected chi connectivity index (χ3v) is 3.06. The Balaban J connectivity index is 2.26. The van der Waals surface area contributed by atoms with E-state index in [1.807, 2.05) is 0 Å². The van der Waals surface area contributed by atoms with Crippen LogP contribution in [0.5, 0.6) is 0 Å². The highest BCUT2D eigenvalue weighted by molar-refractivity contribution is 5.77. The summed E-state index contributed by atoms with van der Waals surface area (Å²) in [7, 11) is 0. The Labute approximate surface area is 103 Å². The van der Waals surface area contributed by atoms with Crippen LogP contribution in [0.15, 0.2) is 6.07 Å². The van der Waals surface area contributed by atoms with Crippen molar-refractivity contribution in [2.45, 2.75) is 12.8 Å². The molecule has 0 spiro atoms. The molecule has 2 heterocycles. The molecule has 0 bridgehead atoms. The predicted octanol–water partition coefficient (Wildman–Crippen LogP) is 0.644.